The Hall–Kier alpha value is -3.55. The lowest BCUT2D eigenvalue weighted by molar-refractivity contribution is -0.384. The Bertz CT molecular complexity index is 1120. The minimum atomic E-state index is -0.462. The number of benzene rings is 1. The van der Waals surface area contributed by atoms with Crippen LogP contribution in [0.1, 0.15) is 18.6 Å². The molecule has 8 heteroatoms. The summed E-state index contributed by atoms with van der Waals surface area (Å²) in [5.74, 6) is 0.251. The summed E-state index contributed by atoms with van der Waals surface area (Å²) in [6, 6.07) is 9.40. The van der Waals surface area contributed by atoms with E-state index in [1.54, 1.807) is 24.3 Å². The number of carbonyl (C=O) groups is 2. The Morgan fingerprint density at radius 1 is 1.03 bits per heavy atom. The summed E-state index contributed by atoms with van der Waals surface area (Å²) < 4.78 is 5.71. The van der Waals surface area contributed by atoms with Gasteiger partial charge in [-0.25, -0.2) is 0 Å². The number of hydrazone groups is 1. The molecule has 2 heterocycles. The second-order valence-corrected chi connectivity index (χ2v) is 8.46. The normalized spacial score (nSPS) is 30.1. The first-order valence-electron chi connectivity index (χ1n) is 9.94. The van der Waals surface area contributed by atoms with Gasteiger partial charge in [0.1, 0.15) is 11.5 Å². The van der Waals surface area contributed by atoms with E-state index in [1.807, 2.05) is 0 Å². The van der Waals surface area contributed by atoms with E-state index in [0.717, 1.165) is 17.9 Å². The summed E-state index contributed by atoms with van der Waals surface area (Å²) in [5.41, 5.74) is 0.845. The molecular weight excluding hydrogens is 386 g/mol. The van der Waals surface area contributed by atoms with Crippen molar-refractivity contribution in [2.75, 3.05) is 0 Å². The molecule has 150 valence electrons. The highest BCUT2D eigenvalue weighted by Gasteiger charge is 2.73. The first-order valence-corrected chi connectivity index (χ1v) is 9.94. The van der Waals surface area contributed by atoms with Crippen LogP contribution in [0.3, 0.4) is 0 Å². The molecule has 2 aromatic rings. The Labute approximate surface area is 171 Å². The number of hydrogen-bond donors (Lipinski definition) is 0. The highest BCUT2D eigenvalue weighted by Crippen LogP contribution is 2.73. The van der Waals surface area contributed by atoms with Crippen LogP contribution in [-0.2, 0) is 9.59 Å². The summed E-state index contributed by atoms with van der Waals surface area (Å²) in [6.07, 6.45) is 7.82. The number of hydrogen-bond acceptors (Lipinski definition) is 6. The number of allylic oxidation sites excluding steroid dienone is 2. The zero-order valence-electron chi connectivity index (χ0n) is 15.8. The van der Waals surface area contributed by atoms with Gasteiger partial charge in [0.15, 0.2) is 0 Å². The van der Waals surface area contributed by atoms with Crippen LogP contribution in [0, 0.1) is 39.2 Å². The Kier molecular flexibility index (Phi) is 3.32. The summed E-state index contributed by atoms with van der Waals surface area (Å²) >= 11 is 0. The van der Waals surface area contributed by atoms with Crippen molar-refractivity contribution in [1.82, 2.24) is 5.01 Å². The number of furan rings is 1. The molecule has 2 saturated carbocycles. The fraction of sp³-hybridized carbons (Fsp3) is 0.318. The zero-order valence-corrected chi connectivity index (χ0v) is 15.8. The number of nitrogens with zero attached hydrogens (tertiary/aromatic N) is 3. The molecule has 2 bridgehead atoms. The van der Waals surface area contributed by atoms with Gasteiger partial charge >= 0.3 is 0 Å². The van der Waals surface area contributed by atoms with E-state index >= 15 is 0 Å². The Morgan fingerprint density at radius 3 is 2.23 bits per heavy atom. The topological polar surface area (TPSA) is 106 Å². The third-order valence-corrected chi connectivity index (χ3v) is 7.12. The lowest BCUT2D eigenvalue weighted by atomic mass is 9.85. The van der Waals surface area contributed by atoms with Gasteiger partial charge in [0.2, 0.25) is 0 Å². The lowest BCUT2D eigenvalue weighted by Gasteiger charge is -2.18. The van der Waals surface area contributed by atoms with Crippen molar-refractivity contribution in [3.8, 4) is 11.3 Å². The summed E-state index contributed by atoms with van der Waals surface area (Å²) in [7, 11) is 0. The van der Waals surface area contributed by atoms with E-state index < -0.39 is 4.92 Å². The van der Waals surface area contributed by atoms with Crippen LogP contribution < -0.4 is 0 Å². The summed E-state index contributed by atoms with van der Waals surface area (Å²) in [6.45, 7) is 0. The number of non-ortho nitro benzene ring substituents is 1. The SMILES string of the molecule is O=C1C2C(C(=O)N1N=Cc1ccc(-c3ccc([N+](=O)[O-])cc3)o1)C1C=CC2C12CC2. The van der Waals surface area contributed by atoms with Gasteiger partial charge in [-0.1, -0.05) is 12.2 Å². The predicted molar refractivity (Wildman–Crippen MR) is 105 cm³/mol. The van der Waals surface area contributed by atoms with Crippen molar-refractivity contribution in [2.45, 2.75) is 12.8 Å². The Balaban J connectivity index is 1.21. The minimum absolute atomic E-state index is 0.000123. The van der Waals surface area contributed by atoms with Gasteiger partial charge < -0.3 is 4.42 Å². The van der Waals surface area contributed by atoms with Crippen molar-refractivity contribution in [3.05, 3.63) is 64.4 Å². The second kappa shape index (κ2) is 5.75. The predicted octanol–water partition coefficient (Wildman–Crippen LogP) is 3.39. The third-order valence-electron chi connectivity index (χ3n) is 7.12. The van der Waals surface area contributed by atoms with Gasteiger partial charge in [-0.15, -0.1) is 0 Å². The van der Waals surface area contributed by atoms with Gasteiger partial charge in [-0.2, -0.15) is 10.1 Å². The van der Waals surface area contributed by atoms with Gasteiger partial charge in [0.25, 0.3) is 17.5 Å². The van der Waals surface area contributed by atoms with Crippen LogP contribution in [0.4, 0.5) is 5.69 Å². The van der Waals surface area contributed by atoms with E-state index in [-0.39, 0.29) is 46.6 Å². The molecule has 1 aliphatic heterocycles. The van der Waals surface area contributed by atoms with Crippen LogP contribution in [-0.4, -0.2) is 28.0 Å². The quantitative estimate of drug-likeness (QED) is 0.256. The summed E-state index contributed by atoms with van der Waals surface area (Å²) in [5, 5.41) is 15.9. The number of imide groups is 1. The fourth-order valence-corrected chi connectivity index (χ4v) is 5.62. The number of nitro benzene ring substituents is 1. The van der Waals surface area contributed by atoms with Crippen LogP contribution >= 0.6 is 0 Å². The average molecular weight is 403 g/mol. The van der Waals surface area contributed by atoms with Gasteiger partial charge in [-0.3, -0.25) is 19.7 Å². The number of nitro groups is 1. The van der Waals surface area contributed by atoms with E-state index in [2.05, 4.69) is 17.3 Å². The van der Waals surface area contributed by atoms with E-state index in [1.165, 1.54) is 18.3 Å². The maximum atomic E-state index is 12.9. The van der Waals surface area contributed by atoms with Crippen molar-refractivity contribution in [2.24, 2.45) is 34.2 Å². The number of fused-ring (bicyclic) bond motifs is 3. The van der Waals surface area contributed by atoms with Crippen molar-refractivity contribution in [1.29, 1.82) is 0 Å². The fourth-order valence-electron chi connectivity index (χ4n) is 5.62. The molecule has 2 amide bonds. The summed E-state index contributed by atoms with van der Waals surface area (Å²) in [4.78, 5) is 36.1. The van der Waals surface area contributed by atoms with E-state index in [0.29, 0.717) is 17.1 Å². The number of amides is 2. The highest BCUT2D eigenvalue weighted by atomic mass is 16.6. The smallest absolute Gasteiger partial charge is 0.269 e. The molecule has 3 fully saturated rings. The van der Waals surface area contributed by atoms with Crippen LogP contribution in [0.25, 0.3) is 11.3 Å². The molecule has 4 atom stereocenters. The molecular formula is C22H17N3O5. The molecule has 4 unspecified atom stereocenters. The average Bonchev–Trinajstić information content (AvgIpc) is 3.03. The van der Waals surface area contributed by atoms with Crippen LogP contribution in [0.5, 0.6) is 0 Å². The molecule has 1 saturated heterocycles. The molecule has 1 spiro atoms. The first-order chi connectivity index (χ1) is 14.5. The minimum Gasteiger partial charge on any atom is -0.455 e. The largest absolute Gasteiger partial charge is 0.455 e. The lowest BCUT2D eigenvalue weighted by Crippen LogP contribution is -2.30. The van der Waals surface area contributed by atoms with E-state index in [4.69, 9.17) is 4.42 Å². The molecule has 8 nitrogen and oxygen atoms in total. The molecule has 1 aromatic carbocycles. The molecule has 6 rings (SSSR count). The van der Waals surface area contributed by atoms with Crippen LogP contribution in [0.2, 0.25) is 0 Å². The standard InChI is InChI=1S/C22H17N3O5/c26-20-18-15-6-7-16(22(15)9-10-22)19(18)21(27)24(20)23-11-14-5-8-17(30-14)12-1-3-13(4-2-12)25(28)29/h1-8,11,15-16,18-19H,9-10H2. The first kappa shape index (κ1) is 17.3. The molecule has 4 aliphatic rings. The molecule has 0 radical (unpaired) electrons. The molecule has 30 heavy (non-hydrogen) atoms. The molecule has 3 aliphatic carbocycles. The molecule has 0 N–H and O–H groups in total. The third kappa shape index (κ3) is 2.18. The van der Waals surface area contributed by atoms with E-state index in [9.17, 15) is 19.7 Å². The number of rotatable bonds is 4. The van der Waals surface area contributed by atoms with Gasteiger partial charge in [0, 0.05) is 17.7 Å². The van der Waals surface area contributed by atoms with Crippen molar-refractivity contribution >= 4 is 23.7 Å². The maximum Gasteiger partial charge on any atom is 0.269 e. The maximum absolute atomic E-state index is 12.9. The number of carbonyl (C=O) groups excluding carboxylic acids is 2. The van der Waals surface area contributed by atoms with Crippen molar-refractivity contribution in [3.63, 3.8) is 0 Å². The monoisotopic (exact) mass is 403 g/mol. The highest BCUT2D eigenvalue weighted by molar-refractivity contribution is 6.07. The Morgan fingerprint density at radius 2 is 1.67 bits per heavy atom. The van der Waals surface area contributed by atoms with Crippen LogP contribution in [0.15, 0.2) is 58.1 Å². The second-order valence-electron chi connectivity index (χ2n) is 8.46. The molecule has 1 aromatic heterocycles. The van der Waals surface area contributed by atoms with Gasteiger partial charge in [-0.05, 0) is 54.4 Å². The van der Waals surface area contributed by atoms with Crippen molar-refractivity contribution < 1.29 is 18.9 Å². The van der Waals surface area contributed by atoms with Gasteiger partial charge in [0.05, 0.1) is 23.0 Å². The zero-order chi connectivity index (χ0) is 20.6.